The first-order valence-electron chi connectivity index (χ1n) is 8.33. The standard InChI is InChI=1S/C18H15ClN4O4S3/c1-10(24)11-3-2-4-12(7-11)22-15(25)9-28-18-21-8-13(17(20)23-18)30(26,27)16-6-5-14(19)29-16/h2-8H,9H2,1H3,(H,22,25)(H2,20,21,23). The summed E-state index contributed by atoms with van der Waals surface area (Å²) in [5, 5.41) is 2.83. The third-order valence-electron chi connectivity index (χ3n) is 3.75. The molecule has 0 fully saturated rings. The van der Waals surface area contributed by atoms with Gasteiger partial charge < -0.3 is 11.1 Å². The minimum Gasteiger partial charge on any atom is -0.382 e. The number of nitrogen functional groups attached to an aromatic ring is 1. The van der Waals surface area contributed by atoms with Gasteiger partial charge >= 0.3 is 0 Å². The van der Waals surface area contributed by atoms with Crippen molar-refractivity contribution in [1.29, 1.82) is 0 Å². The fraction of sp³-hybridized carbons (Fsp3) is 0.111. The van der Waals surface area contributed by atoms with E-state index in [0.717, 1.165) is 29.3 Å². The molecular weight excluding hydrogens is 468 g/mol. The van der Waals surface area contributed by atoms with Gasteiger partial charge in [0.15, 0.2) is 10.9 Å². The lowest BCUT2D eigenvalue weighted by molar-refractivity contribution is -0.113. The molecule has 3 N–H and O–H groups in total. The second-order valence-corrected chi connectivity index (χ2v) is 10.7. The Bertz CT molecular complexity index is 1230. The number of thioether (sulfide) groups is 1. The molecule has 0 saturated carbocycles. The van der Waals surface area contributed by atoms with Crippen LogP contribution < -0.4 is 11.1 Å². The Labute approximate surface area is 185 Å². The van der Waals surface area contributed by atoms with Gasteiger partial charge in [-0.2, -0.15) is 0 Å². The fourth-order valence-electron chi connectivity index (χ4n) is 2.34. The average molecular weight is 483 g/mol. The minimum absolute atomic E-state index is 0.0314. The Kier molecular flexibility index (Phi) is 6.76. The monoisotopic (exact) mass is 482 g/mol. The molecule has 3 aromatic rings. The second kappa shape index (κ2) is 9.13. The summed E-state index contributed by atoms with van der Waals surface area (Å²) in [7, 11) is -3.88. The Balaban J connectivity index is 1.67. The van der Waals surface area contributed by atoms with Crippen molar-refractivity contribution in [2.24, 2.45) is 0 Å². The van der Waals surface area contributed by atoms with E-state index in [2.05, 4.69) is 15.3 Å². The molecule has 8 nitrogen and oxygen atoms in total. The Morgan fingerprint density at radius 1 is 1.27 bits per heavy atom. The maximum Gasteiger partial charge on any atom is 0.234 e. The molecule has 0 aliphatic rings. The molecule has 0 atom stereocenters. The predicted octanol–water partition coefficient (Wildman–Crippen LogP) is 3.54. The number of aromatic nitrogens is 2. The first kappa shape index (κ1) is 22.2. The summed E-state index contributed by atoms with van der Waals surface area (Å²) < 4.78 is 25.6. The summed E-state index contributed by atoms with van der Waals surface area (Å²) in [6.07, 6.45) is 1.11. The van der Waals surface area contributed by atoms with E-state index >= 15 is 0 Å². The summed E-state index contributed by atoms with van der Waals surface area (Å²) in [6, 6.07) is 9.43. The topological polar surface area (TPSA) is 132 Å². The van der Waals surface area contributed by atoms with E-state index in [1.165, 1.54) is 19.1 Å². The smallest absolute Gasteiger partial charge is 0.234 e. The Hall–Kier alpha value is -2.47. The summed E-state index contributed by atoms with van der Waals surface area (Å²) in [6.45, 7) is 1.44. The van der Waals surface area contributed by atoms with Crippen LogP contribution >= 0.6 is 34.7 Å². The van der Waals surface area contributed by atoms with Crippen molar-refractivity contribution < 1.29 is 18.0 Å². The normalized spacial score (nSPS) is 11.3. The van der Waals surface area contributed by atoms with Crippen molar-refractivity contribution in [1.82, 2.24) is 9.97 Å². The maximum absolute atomic E-state index is 12.6. The lowest BCUT2D eigenvalue weighted by Gasteiger charge is -2.08. The van der Waals surface area contributed by atoms with Crippen LogP contribution in [0.4, 0.5) is 11.5 Å². The third-order valence-corrected chi connectivity index (χ3v) is 8.10. The number of ketones is 1. The van der Waals surface area contributed by atoms with Crippen LogP contribution in [0.25, 0.3) is 0 Å². The van der Waals surface area contributed by atoms with Crippen molar-refractivity contribution in [3.8, 4) is 0 Å². The Morgan fingerprint density at radius 2 is 2.03 bits per heavy atom. The van der Waals surface area contributed by atoms with Crippen LogP contribution in [0.5, 0.6) is 0 Å². The number of rotatable bonds is 7. The van der Waals surface area contributed by atoms with E-state index in [1.807, 2.05) is 0 Å². The first-order valence-corrected chi connectivity index (χ1v) is 12.0. The van der Waals surface area contributed by atoms with Crippen molar-refractivity contribution in [3.63, 3.8) is 0 Å². The molecule has 2 heterocycles. The van der Waals surface area contributed by atoms with E-state index in [4.69, 9.17) is 17.3 Å². The van der Waals surface area contributed by atoms with Crippen LogP contribution in [0, 0.1) is 0 Å². The summed E-state index contributed by atoms with van der Waals surface area (Å²) >= 11 is 7.71. The van der Waals surface area contributed by atoms with Gasteiger partial charge in [-0.3, -0.25) is 9.59 Å². The highest BCUT2D eigenvalue weighted by Crippen LogP contribution is 2.32. The van der Waals surface area contributed by atoms with Gasteiger partial charge in [-0.1, -0.05) is 35.5 Å². The van der Waals surface area contributed by atoms with Gasteiger partial charge in [0.2, 0.25) is 15.7 Å². The lowest BCUT2D eigenvalue weighted by Crippen LogP contribution is -2.15. The molecule has 0 aliphatic heterocycles. The third kappa shape index (κ3) is 5.17. The average Bonchev–Trinajstić information content (AvgIpc) is 3.13. The van der Waals surface area contributed by atoms with Gasteiger partial charge in [0.1, 0.15) is 14.9 Å². The molecule has 0 spiro atoms. The second-order valence-electron chi connectivity index (χ2n) is 5.94. The van der Waals surface area contributed by atoms with Crippen molar-refractivity contribution >= 4 is 67.7 Å². The van der Waals surface area contributed by atoms with Crippen molar-refractivity contribution in [3.05, 3.63) is 52.5 Å². The highest BCUT2D eigenvalue weighted by molar-refractivity contribution is 7.99. The maximum atomic E-state index is 12.6. The molecule has 2 aromatic heterocycles. The summed E-state index contributed by atoms with van der Waals surface area (Å²) in [5.41, 5.74) is 6.80. The number of nitrogens with zero attached hydrogens (tertiary/aromatic N) is 2. The van der Waals surface area contributed by atoms with Gasteiger partial charge in [-0.25, -0.2) is 18.4 Å². The van der Waals surface area contributed by atoms with E-state index in [-0.39, 0.29) is 37.5 Å². The van der Waals surface area contributed by atoms with Crippen LogP contribution in [0.1, 0.15) is 17.3 Å². The number of Topliss-reactive ketones (excluding diaryl/α,β-unsaturated/α-hetero) is 1. The van der Waals surface area contributed by atoms with Gasteiger partial charge in [0.05, 0.1) is 16.3 Å². The number of carbonyl (C=O) groups excluding carboxylic acids is 2. The first-order chi connectivity index (χ1) is 14.2. The number of sulfone groups is 1. The summed E-state index contributed by atoms with van der Waals surface area (Å²) in [5.74, 6) is -0.695. The van der Waals surface area contributed by atoms with Crippen LogP contribution in [-0.2, 0) is 14.6 Å². The van der Waals surface area contributed by atoms with Crippen LogP contribution in [0.2, 0.25) is 4.34 Å². The number of amides is 1. The van der Waals surface area contributed by atoms with Crippen LogP contribution in [0.15, 0.2) is 56.9 Å². The van der Waals surface area contributed by atoms with Crippen LogP contribution in [0.3, 0.4) is 0 Å². The number of nitrogens with one attached hydrogen (secondary N) is 1. The van der Waals surface area contributed by atoms with E-state index in [1.54, 1.807) is 24.3 Å². The molecule has 0 saturated heterocycles. The number of hydrogen-bond donors (Lipinski definition) is 2. The number of anilines is 2. The molecule has 156 valence electrons. The minimum atomic E-state index is -3.88. The largest absolute Gasteiger partial charge is 0.382 e. The molecule has 0 bridgehead atoms. The number of halogens is 1. The number of thiophene rings is 1. The van der Waals surface area contributed by atoms with Gasteiger partial charge in [0.25, 0.3) is 0 Å². The highest BCUT2D eigenvalue weighted by Gasteiger charge is 2.24. The number of benzene rings is 1. The molecule has 0 radical (unpaired) electrons. The zero-order chi connectivity index (χ0) is 21.9. The molecule has 12 heteroatoms. The highest BCUT2D eigenvalue weighted by atomic mass is 35.5. The molecule has 30 heavy (non-hydrogen) atoms. The zero-order valence-electron chi connectivity index (χ0n) is 15.5. The quantitative estimate of drug-likeness (QED) is 0.297. The molecule has 0 aliphatic carbocycles. The van der Waals surface area contributed by atoms with E-state index < -0.39 is 9.84 Å². The van der Waals surface area contributed by atoms with Gasteiger partial charge in [0, 0.05) is 11.3 Å². The van der Waals surface area contributed by atoms with E-state index in [0.29, 0.717) is 15.6 Å². The fourth-order valence-corrected chi connectivity index (χ4v) is 5.83. The van der Waals surface area contributed by atoms with Gasteiger partial charge in [-0.15, -0.1) is 11.3 Å². The molecular formula is C18H15ClN4O4S3. The Morgan fingerprint density at radius 3 is 2.67 bits per heavy atom. The molecule has 3 rings (SSSR count). The number of nitrogens with two attached hydrogens (primary N) is 1. The number of hydrogen-bond acceptors (Lipinski definition) is 9. The SMILES string of the molecule is CC(=O)c1cccc(NC(=O)CSc2ncc(S(=O)(=O)c3ccc(Cl)s3)c(N)n2)c1. The molecule has 1 amide bonds. The van der Waals surface area contributed by atoms with Crippen molar-refractivity contribution in [2.75, 3.05) is 16.8 Å². The van der Waals surface area contributed by atoms with Crippen molar-refractivity contribution in [2.45, 2.75) is 21.2 Å². The van der Waals surface area contributed by atoms with E-state index in [9.17, 15) is 18.0 Å². The zero-order valence-corrected chi connectivity index (χ0v) is 18.7. The molecule has 0 unspecified atom stereocenters. The predicted molar refractivity (Wildman–Crippen MR) is 117 cm³/mol. The van der Waals surface area contributed by atoms with Gasteiger partial charge in [-0.05, 0) is 31.2 Å². The van der Waals surface area contributed by atoms with Crippen LogP contribution in [-0.4, -0.2) is 35.8 Å². The lowest BCUT2D eigenvalue weighted by atomic mass is 10.1. The number of carbonyl (C=O) groups is 2. The summed E-state index contributed by atoms with van der Waals surface area (Å²) in [4.78, 5) is 31.3. The molecule has 1 aromatic carbocycles.